The van der Waals surface area contributed by atoms with Gasteiger partial charge in [-0.1, -0.05) is 0 Å². The Kier molecular flexibility index (Phi) is 3.34. The molecular weight excluding hydrogens is 270 g/mol. The third-order valence-electron chi connectivity index (χ3n) is 4.88. The van der Waals surface area contributed by atoms with E-state index in [0.29, 0.717) is 17.1 Å². The number of halogens is 1. The second kappa shape index (κ2) is 4.72. The lowest BCUT2D eigenvalue weighted by molar-refractivity contribution is 0.00578. The fourth-order valence-corrected chi connectivity index (χ4v) is 2.67. The minimum Gasteiger partial charge on any atom is -0.497 e. The summed E-state index contributed by atoms with van der Waals surface area (Å²) < 4.78 is 31.8. The molecule has 1 heterocycles. The summed E-state index contributed by atoms with van der Waals surface area (Å²) in [7, 11) is 0.899. The van der Waals surface area contributed by atoms with Gasteiger partial charge >= 0.3 is 7.12 Å². The van der Waals surface area contributed by atoms with Gasteiger partial charge in [0.2, 0.25) is 0 Å². The summed E-state index contributed by atoms with van der Waals surface area (Å²) in [6.07, 6.45) is 2.16. The van der Waals surface area contributed by atoms with Crippen LogP contribution in [0.4, 0.5) is 4.39 Å². The molecule has 2 fully saturated rings. The van der Waals surface area contributed by atoms with Crippen molar-refractivity contribution in [3.8, 4) is 5.75 Å². The van der Waals surface area contributed by atoms with Crippen LogP contribution in [0.3, 0.4) is 0 Å². The maximum absolute atomic E-state index is 14.6. The molecule has 0 atom stereocenters. The maximum atomic E-state index is 14.6. The Morgan fingerprint density at radius 3 is 2.19 bits per heavy atom. The summed E-state index contributed by atoms with van der Waals surface area (Å²) >= 11 is 0. The van der Waals surface area contributed by atoms with E-state index in [1.807, 2.05) is 33.8 Å². The van der Waals surface area contributed by atoms with E-state index in [2.05, 4.69) is 0 Å². The van der Waals surface area contributed by atoms with Gasteiger partial charge in [0.1, 0.15) is 11.6 Å². The number of methoxy groups -OCH3 is 1. The average Bonchev–Trinajstić information content (AvgIpc) is 3.17. The van der Waals surface area contributed by atoms with E-state index in [-0.39, 0.29) is 5.82 Å². The van der Waals surface area contributed by atoms with Gasteiger partial charge in [-0.25, -0.2) is 4.39 Å². The molecule has 1 saturated heterocycles. The number of ether oxygens (including phenoxy) is 1. The third kappa shape index (κ3) is 2.47. The summed E-state index contributed by atoms with van der Waals surface area (Å²) in [5, 5.41) is 0. The summed E-state index contributed by atoms with van der Waals surface area (Å²) in [5.41, 5.74) is 0.567. The van der Waals surface area contributed by atoms with Crippen molar-refractivity contribution in [3.05, 3.63) is 23.5 Å². The SMILES string of the molecule is COc1cc(F)c(B2OC(C)(C)C(C)(C)O2)c(C2CC2)c1. The first-order chi connectivity index (χ1) is 9.75. The molecule has 3 rings (SSSR count). The first kappa shape index (κ1) is 14.9. The first-order valence-electron chi connectivity index (χ1n) is 7.48. The molecule has 0 aromatic heterocycles. The average molecular weight is 292 g/mol. The molecule has 1 saturated carbocycles. The van der Waals surface area contributed by atoms with Crippen LogP contribution in [0.1, 0.15) is 52.0 Å². The first-order valence-corrected chi connectivity index (χ1v) is 7.48. The molecule has 0 spiro atoms. The molecule has 1 aromatic carbocycles. The van der Waals surface area contributed by atoms with Crippen molar-refractivity contribution in [2.75, 3.05) is 7.11 Å². The predicted molar refractivity (Wildman–Crippen MR) is 80.6 cm³/mol. The molecule has 0 bridgehead atoms. The summed E-state index contributed by atoms with van der Waals surface area (Å²) in [6, 6.07) is 3.33. The minimum atomic E-state index is -0.656. The van der Waals surface area contributed by atoms with E-state index in [1.165, 1.54) is 6.07 Å². The van der Waals surface area contributed by atoms with Crippen LogP contribution in [0.25, 0.3) is 0 Å². The van der Waals surface area contributed by atoms with Crippen LogP contribution in [-0.4, -0.2) is 25.4 Å². The van der Waals surface area contributed by atoms with E-state index in [0.717, 1.165) is 18.4 Å². The van der Waals surface area contributed by atoms with Crippen LogP contribution in [-0.2, 0) is 9.31 Å². The summed E-state index contributed by atoms with van der Waals surface area (Å²) in [4.78, 5) is 0. The van der Waals surface area contributed by atoms with Gasteiger partial charge < -0.3 is 14.0 Å². The Bertz CT molecular complexity index is 551. The second-order valence-electron chi connectivity index (χ2n) is 6.97. The maximum Gasteiger partial charge on any atom is 0.498 e. The van der Waals surface area contributed by atoms with E-state index >= 15 is 0 Å². The van der Waals surface area contributed by atoms with E-state index < -0.39 is 18.3 Å². The lowest BCUT2D eigenvalue weighted by Gasteiger charge is -2.32. The molecule has 1 aliphatic heterocycles. The Balaban J connectivity index is 2.03. The van der Waals surface area contributed by atoms with E-state index in [4.69, 9.17) is 14.0 Å². The quantitative estimate of drug-likeness (QED) is 0.802. The van der Waals surface area contributed by atoms with Crippen molar-refractivity contribution in [3.63, 3.8) is 0 Å². The van der Waals surface area contributed by atoms with Crippen LogP contribution in [0.15, 0.2) is 12.1 Å². The molecule has 2 aliphatic rings. The van der Waals surface area contributed by atoms with Crippen molar-refractivity contribution in [2.24, 2.45) is 0 Å². The van der Waals surface area contributed by atoms with Crippen molar-refractivity contribution in [1.82, 2.24) is 0 Å². The highest BCUT2D eigenvalue weighted by atomic mass is 19.1. The van der Waals surface area contributed by atoms with E-state index in [1.54, 1.807) is 7.11 Å². The van der Waals surface area contributed by atoms with Crippen molar-refractivity contribution in [1.29, 1.82) is 0 Å². The van der Waals surface area contributed by atoms with Gasteiger partial charge in [-0.3, -0.25) is 0 Å². The molecule has 0 unspecified atom stereocenters. The largest absolute Gasteiger partial charge is 0.498 e. The van der Waals surface area contributed by atoms with Crippen LogP contribution in [0.5, 0.6) is 5.75 Å². The molecular formula is C16H22BFO3. The number of benzene rings is 1. The normalized spacial score (nSPS) is 23.4. The second-order valence-corrected chi connectivity index (χ2v) is 6.97. The summed E-state index contributed by atoms with van der Waals surface area (Å²) in [6.45, 7) is 7.91. The van der Waals surface area contributed by atoms with Crippen molar-refractivity contribution < 1.29 is 18.4 Å². The third-order valence-corrected chi connectivity index (χ3v) is 4.88. The van der Waals surface area contributed by atoms with Gasteiger partial charge in [-0.15, -0.1) is 0 Å². The Morgan fingerprint density at radius 2 is 1.71 bits per heavy atom. The predicted octanol–water partition coefficient (Wildman–Crippen LogP) is 3.01. The fourth-order valence-electron chi connectivity index (χ4n) is 2.67. The Labute approximate surface area is 125 Å². The fraction of sp³-hybridized carbons (Fsp3) is 0.625. The molecule has 21 heavy (non-hydrogen) atoms. The van der Waals surface area contributed by atoms with Gasteiger partial charge in [0.05, 0.1) is 18.3 Å². The number of hydrogen-bond acceptors (Lipinski definition) is 3. The van der Waals surface area contributed by atoms with Crippen molar-refractivity contribution >= 4 is 12.6 Å². The van der Waals surface area contributed by atoms with E-state index in [9.17, 15) is 4.39 Å². The molecule has 0 amide bonds. The highest BCUT2D eigenvalue weighted by Gasteiger charge is 2.53. The Hall–Kier alpha value is -1.07. The monoisotopic (exact) mass is 292 g/mol. The van der Waals surface area contributed by atoms with Crippen LogP contribution >= 0.6 is 0 Å². The van der Waals surface area contributed by atoms with Gasteiger partial charge in [-0.05, 0) is 58.1 Å². The molecule has 1 aromatic rings. The molecule has 0 N–H and O–H groups in total. The lowest BCUT2D eigenvalue weighted by atomic mass is 9.74. The Morgan fingerprint density at radius 1 is 1.14 bits per heavy atom. The molecule has 114 valence electrons. The van der Waals surface area contributed by atoms with Gasteiger partial charge in [0.15, 0.2) is 0 Å². The summed E-state index contributed by atoms with van der Waals surface area (Å²) in [5.74, 6) is 0.632. The van der Waals surface area contributed by atoms with Gasteiger partial charge in [-0.2, -0.15) is 0 Å². The number of rotatable bonds is 3. The van der Waals surface area contributed by atoms with Gasteiger partial charge in [0, 0.05) is 11.5 Å². The van der Waals surface area contributed by atoms with Crippen LogP contribution in [0, 0.1) is 5.82 Å². The van der Waals surface area contributed by atoms with Crippen LogP contribution in [0.2, 0.25) is 0 Å². The molecule has 5 heteroatoms. The standard InChI is InChI=1S/C16H22BFO3/c1-15(2)16(3,4)21-17(20-15)14-12(10-6-7-10)8-11(19-5)9-13(14)18/h8-10H,6-7H2,1-5H3. The lowest BCUT2D eigenvalue weighted by Crippen LogP contribution is -2.41. The van der Waals surface area contributed by atoms with Gasteiger partial charge in [0.25, 0.3) is 0 Å². The minimum absolute atomic E-state index is 0.310. The topological polar surface area (TPSA) is 27.7 Å². The molecule has 3 nitrogen and oxygen atoms in total. The van der Waals surface area contributed by atoms with Crippen molar-refractivity contribution in [2.45, 2.75) is 57.7 Å². The highest BCUT2D eigenvalue weighted by molar-refractivity contribution is 6.62. The number of hydrogen-bond donors (Lipinski definition) is 0. The zero-order chi connectivity index (χ0) is 15.4. The molecule has 1 aliphatic carbocycles. The zero-order valence-electron chi connectivity index (χ0n) is 13.3. The molecule has 0 radical (unpaired) electrons. The van der Waals surface area contributed by atoms with Crippen LogP contribution < -0.4 is 10.2 Å². The smallest absolute Gasteiger partial charge is 0.497 e. The zero-order valence-corrected chi connectivity index (χ0v) is 13.3. The highest BCUT2D eigenvalue weighted by Crippen LogP contribution is 2.43.